The first-order valence-corrected chi connectivity index (χ1v) is 9.11. The molecule has 0 bridgehead atoms. The quantitative estimate of drug-likeness (QED) is 0.708. The summed E-state index contributed by atoms with van der Waals surface area (Å²) in [5, 5.41) is 0. The number of halogens is 1. The monoisotopic (exact) mass is 356 g/mol. The molecule has 0 aromatic carbocycles. The second kappa shape index (κ2) is 6.59. The van der Waals surface area contributed by atoms with Crippen molar-refractivity contribution in [1.82, 2.24) is 19.9 Å². The largest absolute Gasteiger partial charge is 0.294 e. The molecule has 0 unspecified atom stereocenters. The maximum atomic E-state index is 6.00. The Bertz CT molecular complexity index is 860. The van der Waals surface area contributed by atoms with Gasteiger partial charge in [0, 0.05) is 49.7 Å². The van der Waals surface area contributed by atoms with Gasteiger partial charge in [0.1, 0.15) is 5.82 Å². The maximum absolute atomic E-state index is 6.00. The number of aromatic nitrogens is 3. The molecule has 0 saturated heterocycles. The van der Waals surface area contributed by atoms with Crippen molar-refractivity contribution in [1.29, 1.82) is 0 Å². The predicted molar refractivity (Wildman–Crippen MR) is 97.1 cm³/mol. The second-order valence-electron chi connectivity index (χ2n) is 6.01. The topological polar surface area (TPSA) is 41.9 Å². The number of pyridine rings is 1. The van der Waals surface area contributed by atoms with Gasteiger partial charge in [-0.05, 0) is 30.7 Å². The number of fused-ring (bicyclic) bond motifs is 1. The zero-order valence-electron chi connectivity index (χ0n) is 13.4. The van der Waals surface area contributed by atoms with Gasteiger partial charge in [-0.1, -0.05) is 17.7 Å². The van der Waals surface area contributed by atoms with Crippen LogP contribution in [0.5, 0.6) is 0 Å². The van der Waals surface area contributed by atoms with Gasteiger partial charge in [-0.2, -0.15) is 0 Å². The number of thiophene rings is 1. The lowest BCUT2D eigenvalue weighted by molar-refractivity contribution is 0.242. The van der Waals surface area contributed by atoms with Gasteiger partial charge in [0.25, 0.3) is 0 Å². The molecule has 3 aromatic rings. The highest BCUT2D eigenvalue weighted by Crippen LogP contribution is 2.29. The van der Waals surface area contributed by atoms with Crippen molar-refractivity contribution in [3.8, 4) is 10.6 Å². The first-order chi connectivity index (χ1) is 11.7. The molecule has 0 amide bonds. The van der Waals surface area contributed by atoms with Crippen molar-refractivity contribution in [3.05, 3.63) is 63.6 Å². The molecule has 0 N–H and O–H groups in total. The van der Waals surface area contributed by atoms with Crippen LogP contribution in [0.1, 0.15) is 22.6 Å². The molecule has 0 aliphatic carbocycles. The highest BCUT2D eigenvalue weighted by Gasteiger charge is 2.18. The minimum absolute atomic E-state index is 0.792. The van der Waals surface area contributed by atoms with Crippen molar-refractivity contribution in [2.24, 2.45) is 0 Å². The third-order valence-electron chi connectivity index (χ3n) is 4.19. The first kappa shape index (κ1) is 15.7. The van der Waals surface area contributed by atoms with Gasteiger partial charge < -0.3 is 0 Å². The Labute approximate surface area is 150 Å². The summed E-state index contributed by atoms with van der Waals surface area (Å²) in [6.07, 6.45) is 4.91. The zero-order chi connectivity index (χ0) is 16.5. The summed E-state index contributed by atoms with van der Waals surface area (Å²) in [5.74, 6) is 0.857. The third-order valence-corrected chi connectivity index (χ3v) is 5.44. The SMILES string of the molecule is Cc1ncc2c(n1)CCN(Cc1ccc(-c3ccc(Cl)s3)nc1)C2. The van der Waals surface area contributed by atoms with Crippen LogP contribution in [-0.2, 0) is 19.5 Å². The number of aryl methyl sites for hydroxylation is 1. The molecular formula is C18H17ClN4S. The minimum atomic E-state index is 0.792. The van der Waals surface area contributed by atoms with Crippen LogP contribution in [0.4, 0.5) is 0 Å². The Balaban J connectivity index is 1.45. The van der Waals surface area contributed by atoms with E-state index in [1.807, 2.05) is 31.5 Å². The summed E-state index contributed by atoms with van der Waals surface area (Å²) < 4.78 is 0.792. The zero-order valence-corrected chi connectivity index (χ0v) is 14.9. The molecule has 0 atom stereocenters. The second-order valence-corrected chi connectivity index (χ2v) is 7.72. The first-order valence-electron chi connectivity index (χ1n) is 7.92. The molecule has 4 heterocycles. The lowest BCUT2D eigenvalue weighted by atomic mass is 10.1. The van der Waals surface area contributed by atoms with E-state index >= 15 is 0 Å². The standard InChI is InChI=1S/C18H17ClN4S/c1-12-20-9-14-11-23(7-6-15(14)22-12)10-13-2-3-16(21-8-13)17-4-5-18(19)24-17/h2-5,8-9H,6-7,10-11H2,1H3. The van der Waals surface area contributed by atoms with Gasteiger partial charge in [-0.25, -0.2) is 9.97 Å². The summed E-state index contributed by atoms with van der Waals surface area (Å²) in [4.78, 5) is 17.0. The van der Waals surface area contributed by atoms with Crippen molar-refractivity contribution < 1.29 is 0 Å². The Hall–Kier alpha value is -1.82. The van der Waals surface area contributed by atoms with E-state index in [9.17, 15) is 0 Å². The van der Waals surface area contributed by atoms with Gasteiger partial charge in [0.2, 0.25) is 0 Å². The Kier molecular flexibility index (Phi) is 4.31. The summed E-state index contributed by atoms with van der Waals surface area (Å²) >= 11 is 7.55. The van der Waals surface area contributed by atoms with Gasteiger partial charge in [0.15, 0.2) is 0 Å². The lowest BCUT2D eigenvalue weighted by Gasteiger charge is -2.27. The fourth-order valence-electron chi connectivity index (χ4n) is 2.98. The molecule has 4 nitrogen and oxygen atoms in total. The van der Waals surface area contributed by atoms with Crippen molar-refractivity contribution in [3.63, 3.8) is 0 Å². The Morgan fingerprint density at radius 3 is 2.83 bits per heavy atom. The van der Waals surface area contributed by atoms with Crippen LogP contribution >= 0.6 is 22.9 Å². The van der Waals surface area contributed by atoms with Crippen LogP contribution < -0.4 is 0 Å². The highest BCUT2D eigenvalue weighted by atomic mass is 35.5. The molecule has 122 valence electrons. The van der Waals surface area contributed by atoms with Crippen molar-refractivity contribution >= 4 is 22.9 Å². The average Bonchev–Trinajstić information content (AvgIpc) is 3.02. The van der Waals surface area contributed by atoms with E-state index in [1.54, 1.807) is 11.3 Å². The minimum Gasteiger partial charge on any atom is -0.294 e. The summed E-state index contributed by atoms with van der Waals surface area (Å²) in [6, 6.07) is 8.14. The Morgan fingerprint density at radius 1 is 1.17 bits per heavy atom. The van der Waals surface area contributed by atoms with Crippen LogP contribution in [0.25, 0.3) is 10.6 Å². The molecule has 6 heteroatoms. The van der Waals surface area contributed by atoms with E-state index in [0.717, 1.165) is 46.8 Å². The normalized spacial score (nSPS) is 14.6. The van der Waals surface area contributed by atoms with E-state index < -0.39 is 0 Å². The predicted octanol–water partition coefficient (Wildman–Crippen LogP) is 4.12. The molecular weight excluding hydrogens is 340 g/mol. The van der Waals surface area contributed by atoms with Crippen LogP contribution in [0.3, 0.4) is 0 Å². The van der Waals surface area contributed by atoms with Gasteiger partial charge >= 0.3 is 0 Å². The summed E-state index contributed by atoms with van der Waals surface area (Å²) in [7, 11) is 0. The van der Waals surface area contributed by atoms with E-state index in [4.69, 9.17) is 11.6 Å². The lowest BCUT2D eigenvalue weighted by Crippen LogP contribution is -2.31. The molecule has 24 heavy (non-hydrogen) atoms. The smallest absolute Gasteiger partial charge is 0.125 e. The molecule has 0 saturated carbocycles. The van der Waals surface area contributed by atoms with Crippen LogP contribution in [0.15, 0.2) is 36.7 Å². The molecule has 0 radical (unpaired) electrons. The average molecular weight is 357 g/mol. The number of nitrogens with zero attached hydrogens (tertiary/aromatic N) is 4. The van der Waals surface area contributed by atoms with Crippen molar-refractivity contribution in [2.75, 3.05) is 6.54 Å². The van der Waals surface area contributed by atoms with Gasteiger partial charge in [-0.3, -0.25) is 9.88 Å². The van der Waals surface area contributed by atoms with Crippen LogP contribution in [0.2, 0.25) is 4.34 Å². The summed E-state index contributed by atoms with van der Waals surface area (Å²) in [6.45, 7) is 4.76. The van der Waals surface area contributed by atoms with Gasteiger partial charge in [0.05, 0.1) is 14.9 Å². The molecule has 1 aliphatic rings. The Morgan fingerprint density at radius 2 is 2.08 bits per heavy atom. The van der Waals surface area contributed by atoms with E-state index in [0.29, 0.717) is 0 Å². The number of hydrogen-bond donors (Lipinski definition) is 0. The molecule has 1 aliphatic heterocycles. The number of rotatable bonds is 3. The fourth-order valence-corrected chi connectivity index (χ4v) is 4.00. The molecule has 0 fully saturated rings. The molecule has 3 aromatic heterocycles. The molecule has 0 spiro atoms. The number of hydrogen-bond acceptors (Lipinski definition) is 5. The van der Waals surface area contributed by atoms with Crippen molar-refractivity contribution in [2.45, 2.75) is 26.4 Å². The fraction of sp³-hybridized carbons (Fsp3) is 0.278. The van der Waals surface area contributed by atoms with E-state index in [2.05, 4.69) is 32.0 Å². The maximum Gasteiger partial charge on any atom is 0.125 e. The van der Waals surface area contributed by atoms with Gasteiger partial charge in [-0.15, -0.1) is 11.3 Å². The third kappa shape index (κ3) is 3.34. The van der Waals surface area contributed by atoms with Crippen LogP contribution in [0, 0.1) is 6.92 Å². The molecule has 4 rings (SSSR count). The van der Waals surface area contributed by atoms with Crippen LogP contribution in [-0.4, -0.2) is 26.4 Å². The van der Waals surface area contributed by atoms with E-state index in [-0.39, 0.29) is 0 Å². The highest BCUT2D eigenvalue weighted by molar-refractivity contribution is 7.19. The van der Waals surface area contributed by atoms with E-state index in [1.165, 1.54) is 16.8 Å². The summed E-state index contributed by atoms with van der Waals surface area (Å²) in [5.41, 5.74) is 4.63.